The molecule has 2 aromatic rings. The lowest BCUT2D eigenvalue weighted by Gasteiger charge is -2.32. The zero-order valence-electron chi connectivity index (χ0n) is 15.3. The summed E-state index contributed by atoms with van der Waals surface area (Å²) in [4.78, 5) is 6.96. The van der Waals surface area contributed by atoms with Gasteiger partial charge in [0.1, 0.15) is 43.2 Å². The van der Waals surface area contributed by atoms with Crippen LogP contribution in [0, 0.1) is 6.92 Å². The summed E-state index contributed by atoms with van der Waals surface area (Å²) in [5, 5.41) is 11.8. The molecule has 1 aromatic heterocycles. The molecule has 5 nitrogen and oxygen atoms in total. The molecule has 1 saturated heterocycles. The highest BCUT2D eigenvalue weighted by molar-refractivity contribution is 5.86. The zero-order valence-corrected chi connectivity index (χ0v) is 15.3. The predicted octanol–water partition coefficient (Wildman–Crippen LogP) is 0.926. The van der Waals surface area contributed by atoms with E-state index in [1.807, 2.05) is 33.2 Å². The minimum absolute atomic E-state index is 0.260. The molecule has 0 radical (unpaired) electrons. The van der Waals surface area contributed by atoms with E-state index in [2.05, 4.69) is 29.8 Å². The average molecular weight is 331 g/mol. The van der Waals surface area contributed by atoms with E-state index in [9.17, 15) is 5.11 Å². The molecule has 1 fully saturated rings. The summed E-state index contributed by atoms with van der Waals surface area (Å²) in [6, 6.07) is 6.14. The fourth-order valence-electron chi connectivity index (χ4n) is 3.73. The molecule has 0 saturated carbocycles. The standard InChI is InChI=1S/C19H27N3O2/c1-12-9-22(10-13(2)24-12)11-17-14(3)20-18-7-6-15(21(4)5)8-16(18)19(17)23/h6-8,12-13H,9-11H2,1-5H3,(H,20,23)/p+2. The average Bonchev–Trinajstić information content (AvgIpc) is 2.50. The van der Waals surface area contributed by atoms with Gasteiger partial charge < -0.3 is 19.6 Å². The minimum Gasteiger partial charge on any atom is -0.506 e. The number of anilines is 1. The number of aryl methyl sites for hydroxylation is 1. The van der Waals surface area contributed by atoms with Crippen LogP contribution in [0.4, 0.5) is 5.69 Å². The molecule has 1 aliphatic heterocycles. The topological polar surface area (TPSA) is 51.3 Å². The van der Waals surface area contributed by atoms with Gasteiger partial charge >= 0.3 is 0 Å². The number of benzene rings is 1. The number of nitrogens with zero attached hydrogens (tertiary/aromatic N) is 1. The van der Waals surface area contributed by atoms with Crippen LogP contribution < -0.4 is 14.8 Å². The van der Waals surface area contributed by atoms with Crippen molar-refractivity contribution in [2.75, 3.05) is 32.1 Å². The van der Waals surface area contributed by atoms with E-state index in [0.717, 1.165) is 47.5 Å². The predicted molar refractivity (Wildman–Crippen MR) is 95.6 cm³/mol. The first kappa shape index (κ1) is 17.0. The van der Waals surface area contributed by atoms with Crippen LogP contribution in [0.3, 0.4) is 0 Å². The number of nitrogens with one attached hydrogen (secondary N) is 2. The summed E-state index contributed by atoms with van der Waals surface area (Å²) in [6.07, 6.45) is 0.520. The Labute approximate surface area is 143 Å². The number of morpholine rings is 1. The van der Waals surface area contributed by atoms with Crippen LogP contribution in [0.2, 0.25) is 0 Å². The van der Waals surface area contributed by atoms with Crippen molar-refractivity contribution in [3.63, 3.8) is 0 Å². The molecule has 2 heterocycles. The molecule has 0 bridgehead atoms. The van der Waals surface area contributed by atoms with Crippen molar-refractivity contribution >= 4 is 16.6 Å². The van der Waals surface area contributed by atoms with Crippen LogP contribution >= 0.6 is 0 Å². The second kappa shape index (κ2) is 6.57. The Morgan fingerprint density at radius 2 is 1.92 bits per heavy atom. The highest BCUT2D eigenvalue weighted by atomic mass is 16.5. The van der Waals surface area contributed by atoms with E-state index in [1.165, 1.54) is 4.90 Å². The van der Waals surface area contributed by atoms with E-state index >= 15 is 0 Å². The van der Waals surface area contributed by atoms with E-state index in [0.29, 0.717) is 5.75 Å². The number of pyridine rings is 1. The van der Waals surface area contributed by atoms with Gasteiger partial charge in [0, 0.05) is 32.8 Å². The van der Waals surface area contributed by atoms with E-state index < -0.39 is 0 Å². The van der Waals surface area contributed by atoms with Crippen molar-refractivity contribution in [1.29, 1.82) is 0 Å². The van der Waals surface area contributed by atoms with Crippen LogP contribution in [-0.2, 0) is 11.3 Å². The first-order valence-electron chi connectivity index (χ1n) is 8.69. The third-order valence-electron chi connectivity index (χ3n) is 4.88. The maximum Gasteiger partial charge on any atom is 0.214 e. The van der Waals surface area contributed by atoms with Crippen molar-refractivity contribution in [2.24, 2.45) is 0 Å². The Bertz CT molecular complexity index is 735. The largest absolute Gasteiger partial charge is 0.506 e. The normalized spacial score (nSPS) is 24.3. The lowest BCUT2D eigenvalue weighted by atomic mass is 10.1. The number of aromatic amines is 1. The second-order valence-electron chi connectivity index (χ2n) is 7.29. The van der Waals surface area contributed by atoms with Crippen molar-refractivity contribution in [2.45, 2.75) is 39.5 Å². The van der Waals surface area contributed by atoms with Crippen LogP contribution in [-0.4, -0.2) is 44.5 Å². The molecule has 1 aliphatic rings. The maximum atomic E-state index is 10.9. The van der Waals surface area contributed by atoms with Crippen molar-refractivity contribution < 1.29 is 19.7 Å². The monoisotopic (exact) mass is 331 g/mol. The molecule has 3 N–H and O–H groups in total. The molecule has 2 unspecified atom stereocenters. The number of aromatic nitrogens is 1. The van der Waals surface area contributed by atoms with E-state index in [4.69, 9.17) is 4.74 Å². The Morgan fingerprint density at radius 1 is 1.25 bits per heavy atom. The number of rotatable bonds is 3. The summed E-state index contributed by atoms with van der Waals surface area (Å²) in [5.74, 6) is 0.407. The van der Waals surface area contributed by atoms with Gasteiger partial charge in [-0.3, -0.25) is 0 Å². The van der Waals surface area contributed by atoms with E-state index in [-0.39, 0.29) is 12.2 Å². The first-order chi connectivity index (χ1) is 11.3. The van der Waals surface area contributed by atoms with Gasteiger partial charge in [-0.1, -0.05) is 0 Å². The van der Waals surface area contributed by atoms with Crippen LogP contribution in [0.15, 0.2) is 18.2 Å². The van der Waals surface area contributed by atoms with Crippen LogP contribution in [0.1, 0.15) is 25.1 Å². The molecular weight excluding hydrogens is 302 g/mol. The fraction of sp³-hybridized carbons (Fsp3) is 0.526. The summed E-state index contributed by atoms with van der Waals surface area (Å²) in [6.45, 7) is 9.05. The third-order valence-corrected chi connectivity index (χ3v) is 4.88. The molecule has 2 atom stereocenters. The SMILES string of the molecule is Cc1[nH+]c2ccc(N(C)C)cc2c(O)c1C[NH+]1CC(C)OC(C)C1. The van der Waals surface area contributed by atoms with Crippen LogP contribution in [0.5, 0.6) is 5.75 Å². The van der Waals surface area contributed by atoms with Gasteiger partial charge in [-0.15, -0.1) is 0 Å². The van der Waals surface area contributed by atoms with E-state index in [1.54, 1.807) is 0 Å². The highest BCUT2D eigenvalue weighted by Crippen LogP contribution is 2.30. The second-order valence-corrected chi connectivity index (χ2v) is 7.29. The maximum absolute atomic E-state index is 10.9. The molecular formula is C19H29N3O2+2. The fourth-order valence-corrected chi connectivity index (χ4v) is 3.73. The smallest absolute Gasteiger partial charge is 0.214 e. The van der Waals surface area contributed by atoms with Gasteiger partial charge in [-0.2, -0.15) is 0 Å². The molecule has 1 aromatic carbocycles. The van der Waals surface area contributed by atoms with Gasteiger partial charge in [0.2, 0.25) is 5.52 Å². The van der Waals surface area contributed by atoms with Crippen LogP contribution in [0.25, 0.3) is 10.9 Å². The summed E-state index contributed by atoms with van der Waals surface area (Å²) in [5.41, 5.74) is 4.10. The van der Waals surface area contributed by atoms with Crippen molar-refractivity contribution in [1.82, 2.24) is 0 Å². The number of aromatic hydroxyl groups is 1. The molecule has 0 aliphatic carbocycles. The van der Waals surface area contributed by atoms with Gasteiger partial charge in [0.15, 0.2) is 5.69 Å². The minimum atomic E-state index is 0.260. The van der Waals surface area contributed by atoms with Gasteiger partial charge in [0.05, 0.1) is 5.39 Å². The first-order valence-corrected chi connectivity index (χ1v) is 8.69. The summed E-state index contributed by atoms with van der Waals surface area (Å²) < 4.78 is 5.83. The lowest BCUT2D eigenvalue weighted by Crippen LogP contribution is -3.14. The summed E-state index contributed by atoms with van der Waals surface area (Å²) in [7, 11) is 4.02. The number of H-pyrrole nitrogens is 1. The number of hydrogen-bond acceptors (Lipinski definition) is 3. The number of quaternary nitrogens is 1. The molecule has 24 heavy (non-hydrogen) atoms. The number of hydrogen-bond donors (Lipinski definition) is 2. The number of ether oxygens (including phenoxy) is 1. The van der Waals surface area contributed by atoms with Crippen molar-refractivity contribution in [3.05, 3.63) is 29.5 Å². The Kier molecular flexibility index (Phi) is 4.65. The molecule has 3 rings (SSSR count). The quantitative estimate of drug-likeness (QED) is 0.880. The Balaban J connectivity index is 1.97. The molecule has 0 spiro atoms. The highest BCUT2D eigenvalue weighted by Gasteiger charge is 2.28. The Hall–Kier alpha value is -1.85. The van der Waals surface area contributed by atoms with Crippen molar-refractivity contribution in [3.8, 4) is 5.75 Å². The molecule has 0 amide bonds. The van der Waals surface area contributed by atoms with Gasteiger partial charge in [0.25, 0.3) is 0 Å². The summed E-state index contributed by atoms with van der Waals surface area (Å²) >= 11 is 0. The molecule has 5 heteroatoms. The Morgan fingerprint density at radius 3 is 2.54 bits per heavy atom. The van der Waals surface area contributed by atoms with Gasteiger partial charge in [-0.05, 0) is 26.0 Å². The molecule has 130 valence electrons. The third kappa shape index (κ3) is 3.32. The number of fused-ring (bicyclic) bond motifs is 1. The van der Waals surface area contributed by atoms with Gasteiger partial charge in [-0.25, -0.2) is 4.98 Å². The lowest BCUT2D eigenvalue weighted by molar-refractivity contribution is -0.928. The zero-order chi connectivity index (χ0) is 17.4.